The summed E-state index contributed by atoms with van der Waals surface area (Å²) in [4.78, 5) is 1.44. The number of aryl methyl sites for hydroxylation is 1. The van der Waals surface area contributed by atoms with Gasteiger partial charge in [-0.25, -0.2) is 0 Å². The molecule has 0 aliphatic carbocycles. The van der Waals surface area contributed by atoms with Gasteiger partial charge in [-0.2, -0.15) is 0 Å². The maximum absolute atomic E-state index is 6.02. The van der Waals surface area contributed by atoms with Crippen LogP contribution in [-0.2, 0) is 6.42 Å². The van der Waals surface area contributed by atoms with E-state index in [1.807, 2.05) is 17.4 Å². The van der Waals surface area contributed by atoms with Crippen LogP contribution in [0, 0.1) is 0 Å². The fourth-order valence-electron chi connectivity index (χ4n) is 1.60. The topological polar surface area (TPSA) is 39.2 Å². The first-order valence-corrected chi connectivity index (χ1v) is 6.04. The van der Waals surface area contributed by atoms with Crippen molar-refractivity contribution < 1.29 is 4.42 Å². The summed E-state index contributed by atoms with van der Waals surface area (Å²) in [5, 5.41) is 2.12. The quantitative estimate of drug-likeness (QED) is 0.840. The van der Waals surface area contributed by atoms with Gasteiger partial charge in [0.1, 0.15) is 0 Å². The van der Waals surface area contributed by atoms with Crippen molar-refractivity contribution >= 4 is 11.3 Å². The minimum Gasteiger partial charge on any atom is -0.472 e. The van der Waals surface area contributed by atoms with E-state index >= 15 is 0 Å². The van der Waals surface area contributed by atoms with Crippen LogP contribution in [0.25, 0.3) is 0 Å². The van der Waals surface area contributed by atoms with Crippen LogP contribution in [0.15, 0.2) is 40.5 Å². The first-order chi connectivity index (χ1) is 7.36. The van der Waals surface area contributed by atoms with Gasteiger partial charge < -0.3 is 10.2 Å². The van der Waals surface area contributed by atoms with Gasteiger partial charge in [-0.1, -0.05) is 6.07 Å². The summed E-state index contributed by atoms with van der Waals surface area (Å²) < 4.78 is 5.01. The number of hydrogen-bond acceptors (Lipinski definition) is 3. The van der Waals surface area contributed by atoms with Crippen molar-refractivity contribution in [3.8, 4) is 0 Å². The lowest BCUT2D eigenvalue weighted by Crippen LogP contribution is -2.09. The van der Waals surface area contributed by atoms with Crippen molar-refractivity contribution in [3.63, 3.8) is 0 Å². The number of rotatable bonds is 5. The van der Waals surface area contributed by atoms with Crippen LogP contribution in [-0.4, -0.2) is 0 Å². The number of hydrogen-bond donors (Lipinski definition) is 1. The summed E-state index contributed by atoms with van der Waals surface area (Å²) in [6.07, 6.45) is 6.68. The zero-order valence-electron chi connectivity index (χ0n) is 8.56. The van der Waals surface area contributed by atoms with E-state index in [4.69, 9.17) is 10.2 Å². The molecule has 3 heteroatoms. The molecule has 0 aromatic carbocycles. The third kappa shape index (κ3) is 2.94. The highest BCUT2D eigenvalue weighted by molar-refractivity contribution is 7.09. The molecule has 0 aliphatic rings. The Morgan fingerprint density at radius 2 is 2.33 bits per heavy atom. The average Bonchev–Trinajstić information content (AvgIpc) is 2.90. The van der Waals surface area contributed by atoms with Crippen LogP contribution in [0.2, 0.25) is 0 Å². The van der Waals surface area contributed by atoms with Crippen LogP contribution in [0.4, 0.5) is 0 Å². The molecule has 0 spiro atoms. The molecule has 0 bridgehead atoms. The molecular formula is C12H15NOS. The molecule has 2 rings (SSSR count). The fourth-order valence-corrected chi connectivity index (χ4v) is 2.35. The molecule has 0 radical (unpaired) electrons. The highest BCUT2D eigenvalue weighted by Gasteiger charge is 2.06. The highest BCUT2D eigenvalue weighted by atomic mass is 32.1. The molecule has 1 atom stereocenters. The summed E-state index contributed by atoms with van der Waals surface area (Å²) in [6.45, 7) is 0. The lowest BCUT2D eigenvalue weighted by Gasteiger charge is -2.07. The second-order valence-corrected chi connectivity index (χ2v) is 4.67. The van der Waals surface area contributed by atoms with E-state index in [0.717, 1.165) is 24.8 Å². The van der Waals surface area contributed by atoms with Gasteiger partial charge in [0, 0.05) is 16.5 Å². The molecule has 2 aromatic heterocycles. The van der Waals surface area contributed by atoms with Crippen molar-refractivity contribution in [2.75, 3.05) is 0 Å². The molecule has 0 fully saturated rings. The largest absolute Gasteiger partial charge is 0.472 e. The molecule has 0 aliphatic heterocycles. The molecule has 0 saturated carbocycles. The van der Waals surface area contributed by atoms with Crippen molar-refractivity contribution in [2.45, 2.75) is 25.3 Å². The molecule has 2 nitrogen and oxygen atoms in total. The normalized spacial score (nSPS) is 12.9. The van der Waals surface area contributed by atoms with Gasteiger partial charge in [0.2, 0.25) is 0 Å². The van der Waals surface area contributed by atoms with Crippen molar-refractivity contribution in [1.82, 2.24) is 0 Å². The summed E-state index contributed by atoms with van der Waals surface area (Å²) in [6, 6.07) is 6.32. The van der Waals surface area contributed by atoms with Crippen LogP contribution in [0.5, 0.6) is 0 Å². The standard InChI is InChI=1S/C12H15NOS/c13-12(10-6-7-14-9-10)5-1-3-11-4-2-8-15-11/h2,4,6-9,12H,1,3,5,13H2. The Labute approximate surface area is 93.7 Å². The lowest BCUT2D eigenvalue weighted by molar-refractivity contribution is 0.550. The minimum atomic E-state index is 0.115. The molecule has 80 valence electrons. The molecule has 2 aromatic rings. The summed E-state index contributed by atoms with van der Waals surface area (Å²) in [5.41, 5.74) is 7.12. The Hall–Kier alpha value is -1.06. The Bertz CT molecular complexity index is 366. The SMILES string of the molecule is NC(CCCc1cccs1)c1ccoc1. The molecule has 1 unspecified atom stereocenters. The third-order valence-electron chi connectivity index (χ3n) is 2.49. The Balaban J connectivity index is 1.74. The smallest absolute Gasteiger partial charge is 0.0950 e. The van der Waals surface area contributed by atoms with Crippen molar-refractivity contribution in [1.29, 1.82) is 0 Å². The molecule has 15 heavy (non-hydrogen) atoms. The summed E-state index contributed by atoms with van der Waals surface area (Å²) in [5.74, 6) is 0. The molecule has 2 N–H and O–H groups in total. The zero-order valence-corrected chi connectivity index (χ0v) is 9.37. The van der Waals surface area contributed by atoms with Crippen molar-refractivity contribution in [3.05, 3.63) is 46.5 Å². The highest BCUT2D eigenvalue weighted by Crippen LogP contribution is 2.19. The second kappa shape index (κ2) is 5.14. The Morgan fingerprint density at radius 3 is 3.00 bits per heavy atom. The fraction of sp³-hybridized carbons (Fsp3) is 0.333. The second-order valence-electron chi connectivity index (χ2n) is 3.63. The number of thiophene rings is 1. The molecule has 2 heterocycles. The van der Waals surface area contributed by atoms with Gasteiger partial charge >= 0.3 is 0 Å². The van der Waals surface area contributed by atoms with E-state index in [1.165, 1.54) is 4.88 Å². The van der Waals surface area contributed by atoms with Gasteiger partial charge in [-0.3, -0.25) is 0 Å². The first-order valence-electron chi connectivity index (χ1n) is 5.16. The van der Waals surface area contributed by atoms with Gasteiger partial charge in [0.05, 0.1) is 12.5 Å². The van der Waals surface area contributed by atoms with Crippen LogP contribution in [0.3, 0.4) is 0 Å². The van der Waals surface area contributed by atoms with Crippen LogP contribution < -0.4 is 5.73 Å². The van der Waals surface area contributed by atoms with Gasteiger partial charge in [-0.05, 0) is 36.8 Å². The molecule has 0 saturated heterocycles. The van der Waals surface area contributed by atoms with Gasteiger partial charge in [0.25, 0.3) is 0 Å². The van der Waals surface area contributed by atoms with Gasteiger partial charge in [-0.15, -0.1) is 11.3 Å². The Kier molecular flexibility index (Phi) is 3.59. The van der Waals surface area contributed by atoms with Crippen molar-refractivity contribution in [2.24, 2.45) is 5.73 Å². The predicted octanol–water partition coefficient (Wildman–Crippen LogP) is 3.36. The monoisotopic (exact) mass is 221 g/mol. The molecule has 0 amide bonds. The lowest BCUT2D eigenvalue weighted by atomic mass is 10.0. The van der Waals surface area contributed by atoms with E-state index in [0.29, 0.717) is 0 Å². The maximum Gasteiger partial charge on any atom is 0.0950 e. The maximum atomic E-state index is 6.02. The first kappa shape index (κ1) is 10.5. The number of furan rings is 1. The van der Waals surface area contributed by atoms with Crippen LogP contribution >= 0.6 is 11.3 Å². The third-order valence-corrected chi connectivity index (χ3v) is 3.43. The zero-order chi connectivity index (χ0) is 10.5. The Morgan fingerprint density at radius 1 is 1.40 bits per heavy atom. The van der Waals surface area contributed by atoms with E-state index in [1.54, 1.807) is 12.5 Å². The minimum absolute atomic E-state index is 0.115. The van der Waals surface area contributed by atoms with E-state index in [9.17, 15) is 0 Å². The van der Waals surface area contributed by atoms with Crippen LogP contribution in [0.1, 0.15) is 29.3 Å². The number of nitrogens with two attached hydrogens (primary N) is 1. The average molecular weight is 221 g/mol. The summed E-state index contributed by atoms with van der Waals surface area (Å²) >= 11 is 1.81. The summed E-state index contributed by atoms with van der Waals surface area (Å²) in [7, 11) is 0. The van der Waals surface area contributed by atoms with E-state index in [-0.39, 0.29) is 6.04 Å². The van der Waals surface area contributed by atoms with Gasteiger partial charge in [0.15, 0.2) is 0 Å². The van der Waals surface area contributed by atoms with E-state index < -0.39 is 0 Å². The predicted molar refractivity (Wildman–Crippen MR) is 62.9 cm³/mol. The van der Waals surface area contributed by atoms with E-state index in [2.05, 4.69) is 17.5 Å². The molecular weight excluding hydrogens is 206 g/mol.